The number of hydrogen-bond acceptors (Lipinski definition) is 5. The van der Waals surface area contributed by atoms with E-state index in [-0.39, 0.29) is 12.5 Å². The summed E-state index contributed by atoms with van der Waals surface area (Å²) < 4.78 is 4.17. The van der Waals surface area contributed by atoms with Crippen molar-refractivity contribution in [1.29, 1.82) is 0 Å². The van der Waals surface area contributed by atoms with Crippen molar-refractivity contribution in [2.75, 3.05) is 13.2 Å². The summed E-state index contributed by atoms with van der Waals surface area (Å²) in [5, 5.41) is 9.59. The molecule has 0 aliphatic carbocycles. The lowest BCUT2D eigenvalue weighted by atomic mass is 10.7. The van der Waals surface area contributed by atoms with E-state index in [2.05, 4.69) is 10.5 Å². The molecular formula is C5H8N2O5. The van der Waals surface area contributed by atoms with Crippen LogP contribution in [-0.4, -0.2) is 36.2 Å². The molecule has 12 heavy (non-hydrogen) atoms. The van der Waals surface area contributed by atoms with Gasteiger partial charge in [-0.05, 0) is 0 Å². The lowest BCUT2D eigenvalue weighted by Gasteiger charge is -1.78. The Morgan fingerprint density at radius 1 is 1.67 bits per heavy atom. The Bertz CT molecular complexity index is 188. The molecule has 0 saturated carbocycles. The fourth-order valence-electron chi connectivity index (χ4n) is 0.317. The quantitative estimate of drug-likeness (QED) is 0.415. The minimum absolute atomic E-state index is 0.126. The van der Waals surface area contributed by atoms with E-state index < -0.39 is 18.6 Å². The predicted octanol–water partition coefficient (Wildman–Crippen LogP) is -2.28. The van der Waals surface area contributed by atoms with E-state index in [0.717, 1.165) is 0 Å². The number of hydrogen-bond donors (Lipinski definition) is 3. The average Bonchev–Trinajstić information content (AvgIpc) is 2.36. The molecule has 1 aliphatic rings. The Labute approximate surface area is 67.5 Å². The first-order valence-corrected chi connectivity index (χ1v) is 2.92. The summed E-state index contributed by atoms with van der Waals surface area (Å²) in [4.78, 5) is 29.2. The summed E-state index contributed by atoms with van der Waals surface area (Å²) in [6.07, 6.45) is -0.648. The maximum atomic E-state index is 10.00. The number of cyclic esters (lactones) is 1. The highest BCUT2D eigenvalue weighted by atomic mass is 16.6. The minimum Gasteiger partial charge on any atom is -0.439 e. The molecule has 7 nitrogen and oxygen atoms in total. The highest BCUT2D eigenvalue weighted by Gasteiger charge is 2.17. The first-order chi connectivity index (χ1) is 5.56. The van der Waals surface area contributed by atoms with Gasteiger partial charge < -0.3 is 15.6 Å². The fourth-order valence-corrected chi connectivity index (χ4v) is 0.317. The molecule has 1 heterocycles. The van der Waals surface area contributed by atoms with Crippen LogP contribution in [0.3, 0.4) is 0 Å². The van der Waals surface area contributed by atoms with E-state index >= 15 is 0 Å². The standard InChI is InChI=1S/C3H3NO3.C2H5NO2/c5-2-1-7-3(6)4-2;3-2(5)1-4/h1H2,(H,4,5,6);4H,1H2,(H2,3,5). The van der Waals surface area contributed by atoms with Crippen LogP contribution in [0.5, 0.6) is 0 Å². The van der Waals surface area contributed by atoms with Crippen LogP contribution in [0.2, 0.25) is 0 Å². The Balaban J connectivity index is 0.000000217. The molecule has 4 N–H and O–H groups in total. The largest absolute Gasteiger partial charge is 0.439 e. The van der Waals surface area contributed by atoms with Crippen LogP contribution in [0.4, 0.5) is 4.79 Å². The van der Waals surface area contributed by atoms with Crippen LogP contribution in [0.25, 0.3) is 0 Å². The van der Waals surface area contributed by atoms with Gasteiger partial charge in [-0.2, -0.15) is 0 Å². The molecule has 1 saturated heterocycles. The van der Waals surface area contributed by atoms with Crippen molar-refractivity contribution in [2.24, 2.45) is 5.73 Å². The number of nitrogens with one attached hydrogen (secondary N) is 1. The number of primary amides is 1. The Morgan fingerprint density at radius 3 is 2.25 bits per heavy atom. The molecule has 1 fully saturated rings. The summed E-state index contributed by atoms with van der Waals surface area (Å²) in [6, 6.07) is 0. The van der Waals surface area contributed by atoms with Crippen molar-refractivity contribution in [3.8, 4) is 0 Å². The second-order valence-corrected chi connectivity index (χ2v) is 1.75. The van der Waals surface area contributed by atoms with Crippen LogP contribution in [0.15, 0.2) is 0 Å². The van der Waals surface area contributed by atoms with Gasteiger partial charge in [-0.15, -0.1) is 0 Å². The summed E-state index contributed by atoms with van der Waals surface area (Å²) in [7, 11) is 0. The van der Waals surface area contributed by atoms with Crippen molar-refractivity contribution < 1.29 is 24.2 Å². The number of nitrogens with two attached hydrogens (primary N) is 1. The third-order valence-corrected chi connectivity index (χ3v) is 0.732. The number of alkyl carbamates (subject to hydrolysis) is 1. The summed E-state index contributed by atoms with van der Waals surface area (Å²) in [5.74, 6) is -1.06. The normalized spacial score (nSPS) is 14.1. The van der Waals surface area contributed by atoms with Crippen LogP contribution >= 0.6 is 0 Å². The zero-order valence-corrected chi connectivity index (χ0v) is 6.07. The van der Waals surface area contributed by atoms with Gasteiger partial charge in [-0.25, -0.2) is 4.79 Å². The van der Waals surface area contributed by atoms with Gasteiger partial charge in [0.05, 0.1) is 0 Å². The van der Waals surface area contributed by atoms with E-state index in [0.29, 0.717) is 0 Å². The maximum Gasteiger partial charge on any atom is 0.414 e. The number of carbonyl (C=O) groups is 3. The maximum absolute atomic E-state index is 10.00. The van der Waals surface area contributed by atoms with Gasteiger partial charge >= 0.3 is 6.09 Å². The summed E-state index contributed by atoms with van der Waals surface area (Å²) >= 11 is 0. The number of aliphatic hydroxyl groups excluding tert-OH is 1. The molecule has 0 unspecified atom stereocenters. The zero-order chi connectivity index (χ0) is 9.56. The van der Waals surface area contributed by atoms with Gasteiger partial charge in [0.15, 0.2) is 6.61 Å². The topological polar surface area (TPSA) is 119 Å². The molecule has 0 atom stereocenters. The number of ether oxygens (including phenoxy) is 1. The first kappa shape index (κ1) is 10.4. The Hall–Kier alpha value is -1.63. The molecule has 3 amide bonds. The second-order valence-electron chi connectivity index (χ2n) is 1.75. The zero-order valence-electron chi connectivity index (χ0n) is 6.07. The third-order valence-electron chi connectivity index (χ3n) is 0.732. The number of amides is 3. The molecule has 0 bridgehead atoms. The molecule has 7 heteroatoms. The van der Waals surface area contributed by atoms with Gasteiger partial charge in [0.1, 0.15) is 6.61 Å². The molecule has 68 valence electrons. The van der Waals surface area contributed by atoms with Crippen LogP contribution in [-0.2, 0) is 14.3 Å². The van der Waals surface area contributed by atoms with Crippen molar-refractivity contribution in [3.63, 3.8) is 0 Å². The fraction of sp³-hybridized carbons (Fsp3) is 0.400. The third kappa shape index (κ3) is 5.18. The van der Waals surface area contributed by atoms with Crippen molar-refractivity contribution in [2.45, 2.75) is 0 Å². The number of aliphatic hydroxyl groups is 1. The molecule has 1 rings (SSSR count). The van der Waals surface area contributed by atoms with Crippen molar-refractivity contribution >= 4 is 17.9 Å². The van der Waals surface area contributed by atoms with E-state index in [1.807, 2.05) is 5.32 Å². The molecule has 0 aromatic heterocycles. The van der Waals surface area contributed by atoms with Gasteiger partial charge in [-0.3, -0.25) is 14.9 Å². The summed E-state index contributed by atoms with van der Waals surface area (Å²) in [6.45, 7) is -0.682. The molecule has 0 radical (unpaired) electrons. The smallest absolute Gasteiger partial charge is 0.414 e. The Kier molecular flexibility index (Phi) is 4.39. The predicted molar refractivity (Wildman–Crippen MR) is 35.8 cm³/mol. The van der Waals surface area contributed by atoms with Gasteiger partial charge in [0, 0.05) is 0 Å². The van der Waals surface area contributed by atoms with E-state index in [1.165, 1.54) is 0 Å². The average molecular weight is 176 g/mol. The second kappa shape index (κ2) is 5.08. The van der Waals surface area contributed by atoms with Gasteiger partial charge in [-0.1, -0.05) is 0 Å². The lowest BCUT2D eigenvalue weighted by molar-refractivity contribution is -0.121. The van der Waals surface area contributed by atoms with E-state index in [9.17, 15) is 14.4 Å². The Morgan fingerprint density at radius 2 is 2.17 bits per heavy atom. The van der Waals surface area contributed by atoms with Crippen molar-refractivity contribution in [1.82, 2.24) is 5.32 Å². The first-order valence-electron chi connectivity index (χ1n) is 2.92. The highest BCUT2D eigenvalue weighted by molar-refractivity contribution is 5.97. The van der Waals surface area contributed by atoms with Crippen molar-refractivity contribution in [3.05, 3.63) is 0 Å². The van der Waals surface area contributed by atoms with Crippen LogP contribution in [0.1, 0.15) is 0 Å². The monoisotopic (exact) mass is 176 g/mol. The summed E-state index contributed by atoms with van der Waals surface area (Å²) in [5.41, 5.74) is 4.40. The number of carbonyl (C=O) groups excluding carboxylic acids is 3. The molecule has 1 aliphatic heterocycles. The lowest BCUT2D eigenvalue weighted by Crippen LogP contribution is -2.18. The SMILES string of the molecule is NC(=O)CO.O=C1COC(=O)N1. The van der Waals surface area contributed by atoms with Crippen LogP contribution in [0, 0.1) is 0 Å². The highest BCUT2D eigenvalue weighted by Crippen LogP contribution is 1.85. The molecule has 0 aromatic rings. The number of rotatable bonds is 1. The molecule has 0 spiro atoms. The molecule has 0 aromatic carbocycles. The van der Waals surface area contributed by atoms with E-state index in [1.54, 1.807) is 0 Å². The minimum atomic E-state index is -0.690. The molecular weight excluding hydrogens is 168 g/mol. The number of imide groups is 1. The van der Waals surface area contributed by atoms with Crippen LogP contribution < -0.4 is 11.1 Å². The van der Waals surface area contributed by atoms with Gasteiger partial charge in [0.2, 0.25) is 5.91 Å². The van der Waals surface area contributed by atoms with Gasteiger partial charge in [0.25, 0.3) is 5.91 Å². The van der Waals surface area contributed by atoms with E-state index in [4.69, 9.17) is 5.11 Å².